The summed E-state index contributed by atoms with van der Waals surface area (Å²) in [5, 5.41) is 0. The molecule has 1 saturated carbocycles. The third-order valence-electron chi connectivity index (χ3n) is 4.43. The number of rotatable bonds is 6. The molecule has 1 aliphatic rings. The lowest BCUT2D eigenvalue weighted by molar-refractivity contribution is 0.0992. The van der Waals surface area contributed by atoms with Crippen molar-refractivity contribution < 1.29 is 14.3 Å². The van der Waals surface area contributed by atoms with Gasteiger partial charge in [0.25, 0.3) is 0 Å². The van der Waals surface area contributed by atoms with Gasteiger partial charge in [0, 0.05) is 17.7 Å². The summed E-state index contributed by atoms with van der Waals surface area (Å²) in [7, 11) is 1.62. The van der Waals surface area contributed by atoms with Crippen molar-refractivity contribution in [2.45, 2.75) is 38.2 Å². The number of hydrogen-bond acceptors (Lipinski definition) is 4. The van der Waals surface area contributed by atoms with Gasteiger partial charge in [-0.3, -0.25) is 4.79 Å². The van der Waals surface area contributed by atoms with Gasteiger partial charge >= 0.3 is 0 Å². The minimum atomic E-state index is 0.0543. The Balaban J connectivity index is 1.76. The van der Waals surface area contributed by atoms with Crippen LogP contribution in [0.15, 0.2) is 42.5 Å². The van der Waals surface area contributed by atoms with Crippen LogP contribution in [-0.4, -0.2) is 19.0 Å². The molecule has 2 aromatic rings. The maximum absolute atomic E-state index is 12.6. The van der Waals surface area contributed by atoms with Crippen LogP contribution in [0.2, 0.25) is 0 Å². The van der Waals surface area contributed by atoms with E-state index >= 15 is 0 Å². The Kier molecular flexibility index (Phi) is 5.04. The van der Waals surface area contributed by atoms with Crippen molar-refractivity contribution in [1.29, 1.82) is 0 Å². The van der Waals surface area contributed by atoms with Gasteiger partial charge in [0.15, 0.2) is 17.3 Å². The first-order valence-corrected chi connectivity index (χ1v) is 8.38. The first-order valence-electron chi connectivity index (χ1n) is 8.38. The number of benzene rings is 2. The molecule has 0 bridgehead atoms. The Morgan fingerprint density at radius 1 is 1.08 bits per heavy atom. The number of nitrogen functional groups attached to an aromatic ring is 1. The van der Waals surface area contributed by atoms with E-state index in [1.165, 1.54) is 12.8 Å². The second kappa shape index (κ2) is 7.39. The Hall–Kier alpha value is -2.49. The highest BCUT2D eigenvalue weighted by atomic mass is 16.5. The van der Waals surface area contributed by atoms with Gasteiger partial charge in [0.05, 0.1) is 13.2 Å². The largest absolute Gasteiger partial charge is 0.493 e. The minimum Gasteiger partial charge on any atom is -0.493 e. The Bertz CT molecular complexity index is 703. The quantitative estimate of drug-likeness (QED) is 0.643. The van der Waals surface area contributed by atoms with Crippen LogP contribution in [0.5, 0.6) is 11.5 Å². The number of anilines is 1. The predicted octanol–water partition coefficient (Wildman–Crippen LogP) is 4.02. The zero-order valence-corrected chi connectivity index (χ0v) is 14.0. The lowest BCUT2D eigenvalue weighted by atomic mass is 10.0. The summed E-state index contributed by atoms with van der Waals surface area (Å²) in [4.78, 5) is 12.6. The molecule has 2 aromatic carbocycles. The molecule has 3 rings (SSSR count). The number of methoxy groups -OCH3 is 1. The van der Waals surface area contributed by atoms with Gasteiger partial charge in [-0.05, 0) is 61.6 Å². The van der Waals surface area contributed by atoms with E-state index in [-0.39, 0.29) is 11.9 Å². The zero-order valence-electron chi connectivity index (χ0n) is 14.0. The summed E-state index contributed by atoms with van der Waals surface area (Å²) < 4.78 is 11.4. The molecule has 24 heavy (non-hydrogen) atoms. The highest BCUT2D eigenvalue weighted by molar-refractivity contribution is 5.98. The zero-order chi connectivity index (χ0) is 16.9. The van der Waals surface area contributed by atoms with Crippen molar-refractivity contribution in [2.24, 2.45) is 0 Å². The lowest BCUT2D eigenvalue weighted by Gasteiger charge is -2.16. The summed E-state index contributed by atoms with van der Waals surface area (Å²) in [6, 6.07) is 12.8. The predicted molar refractivity (Wildman–Crippen MR) is 94.8 cm³/mol. The number of nitrogens with two attached hydrogens (primary N) is 1. The standard InChI is InChI=1S/C20H23NO3/c1-23-19-11-8-15(13-20(19)24-17-4-2-3-5-17)18(22)12-14-6-9-16(21)10-7-14/h6-11,13,17H,2-5,12,21H2,1H3. The average molecular weight is 325 g/mol. The Morgan fingerprint density at radius 2 is 1.79 bits per heavy atom. The van der Waals surface area contributed by atoms with E-state index in [1.807, 2.05) is 24.3 Å². The SMILES string of the molecule is COc1ccc(C(=O)Cc2ccc(N)cc2)cc1OC1CCCC1. The van der Waals surface area contributed by atoms with Crippen molar-refractivity contribution in [3.63, 3.8) is 0 Å². The summed E-state index contributed by atoms with van der Waals surface area (Å²) in [6.45, 7) is 0. The van der Waals surface area contributed by atoms with Gasteiger partial charge in [-0.25, -0.2) is 0 Å². The molecule has 0 saturated heterocycles. The summed E-state index contributed by atoms with van der Waals surface area (Å²) in [5.41, 5.74) is 7.97. The summed E-state index contributed by atoms with van der Waals surface area (Å²) in [5.74, 6) is 1.39. The number of ketones is 1. The van der Waals surface area contributed by atoms with Crippen LogP contribution < -0.4 is 15.2 Å². The van der Waals surface area contributed by atoms with E-state index in [0.717, 1.165) is 18.4 Å². The second-order valence-corrected chi connectivity index (χ2v) is 6.23. The fourth-order valence-corrected chi connectivity index (χ4v) is 3.05. The van der Waals surface area contributed by atoms with E-state index in [1.54, 1.807) is 25.3 Å². The molecule has 2 N–H and O–H groups in total. The van der Waals surface area contributed by atoms with Crippen molar-refractivity contribution in [1.82, 2.24) is 0 Å². The molecule has 1 fully saturated rings. The molecule has 0 atom stereocenters. The molecule has 4 heteroatoms. The molecule has 1 aliphatic carbocycles. The number of carbonyl (C=O) groups is 1. The molecule has 0 spiro atoms. The van der Waals surface area contributed by atoms with Gasteiger partial charge in [-0.15, -0.1) is 0 Å². The van der Waals surface area contributed by atoms with Gasteiger partial charge < -0.3 is 15.2 Å². The maximum Gasteiger partial charge on any atom is 0.167 e. The number of ether oxygens (including phenoxy) is 2. The monoisotopic (exact) mass is 325 g/mol. The van der Waals surface area contributed by atoms with E-state index < -0.39 is 0 Å². The van der Waals surface area contributed by atoms with E-state index in [0.29, 0.717) is 29.2 Å². The molecule has 0 amide bonds. The van der Waals surface area contributed by atoms with Gasteiger partial charge in [0.1, 0.15) is 0 Å². The Morgan fingerprint density at radius 3 is 2.46 bits per heavy atom. The van der Waals surface area contributed by atoms with Crippen LogP contribution in [0.4, 0.5) is 5.69 Å². The van der Waals surface area contributed by atoms with Gasteiger partial charge in [-0.2, -0.15) is 0 Å². The lowest BCUT2D eigenvalue weighted by Crippen LogP contribution is -2.12. The third-order valence-corrected chi connectivity index (χ3v) is 4.43. The topological polar surface area (TPSA) is 61.5 Å². The number of hydrogen-bond donors (Lipinski definition) is 1. The highest BCUT2D eigenvalue weighted by Crippen LogP contribution is 2.32. The van der Waals surface area contributed by atoms with E-state index in [4.69, 9.17) is 15.2 Å². The first-order chi connectivity index (χ1) is 11.7. The summed E-state index contributed by atoms with van der Waals surface area (Å²) in [6.07, 6.45) is 5.09. The van der Waals surface area contributed by atoms with Crippen LogP contribution in [0.3, 0.4) is 0 Å². The number of carbonyl (C=O) groups excluding carboxylic acids is 1. The van der Waals surface area contributed by atoms with Crippen molar-refractivity contribution >= 4 is 11.5 Å². The van der Waals surface area contributed by atoms with Crippen molar-refractivity contribution in [3.05, 3.63) is 53.6 Å². The molecule has 0 aliphatic heterocycles. The van der Waals surface area contributed by atoms with Crippen LogP contribution in [0.25, 0.3) is 0 Å². The first kappa shape index (κ1) is 16.4. The van der Waals surface area contributed by atoms with Crippen LogP contribution in [0.1, 0.15) is 41.6 Å². The third kappa shape index (κ3) is 3.88. The molecule has 0 radical (unpaired) electrons. The van der Waals surface area contributed by atoms with Crippen LogP contribution in [0, 0.1) is 0 Å². The molecule has 126 valence electrons. The highest BCUT2D eigenvalue weighted by Gasteiger charge is 2.19. The maximum atomic E-state index is 12.6. The van der Waals surface area contributed by atoms with Crippen LogP contribution >= 0.6 is 0 Å². The number of Topliss-reactive ketones (excluding diaryl/α,β-unsaturated/α-hetero) is 1. The molecule has 0 unspecified atom stereocenters. The molecule has 4 nitrogen and oxygen atoms in total. The molecular weight excluding hydrogens is 302 g/mol. The fraction of sp³-hybridized carbons (Fsp3) is 0.350. The normalized spacial score (nSPS) is 14.5. The van der Waals surface area contributed by atoms with E-state index in [2.05, 4.69) is 0 Å². The average Bonchev–Trinajstić information content (AvgIpc) is 3.10. The smallest absolute Gasteiger partial charge is 0.167 e. The van der Waals surface area contributed by atoms with Gasteiger partial charge in [0.2, 0.25) is 0 Å². The Labute approximate surface area is 142 Å². The van der Waals surface area contributed by atoms with E-state index in [9.17, 15) is 4.79 Å². The van der Waals surface area contributed by atoms with Crippen LogP contribution in [-0.2, 0) is 6.42 Å². The van der Waals surface area contributed by atoms with Crippen molar-refractivity contribution in [3.8, 4) is 11.5 Å². The fourth-order valence-electron chi connectivity index (χ4n) is 3.05. The second-order valence-electron chi connectivity index (χ2n) is 6.23. The van der Waals surface area contributed by atoms with Crippen molar-refractivity contribution in [2.75, 3.05) is 12.8 Å². The molecule has 0 heterocycles. The minimum absolute atomic E-state index is 0.0543. The molecule has 0 aromatic heterocycles. The summed E-state index contributed by atoms with van der Waals surface area (Å²) >= 11 is 0. The molecular formula is C20H23NO3. The van der Waals surface area contributed by atoms with Gasteiger partial charge in [-0.1, -0.05) is 12.1 Å².